The Hall–Kier alpha value is -0.950. The van der Waals surface area contributed by atoms with Gasteiger partial charge in [-0.3, -0.25) is 9.80 Å². The molecule has 1 N–H and O–H groups in total. The van der Waals surface area contributed by atoms with E-state index in [0.29, 0.717) is 0 Å². The van der Waals surface area contributed by atoms with Crippen molar-refractivity contribution in [2.45, 2.75) is 39.3 Å². The van der Waals surface area contributed by atoms with E-state index >= 15 is 0 Å². The normalized spacial score (nSPS) is 23.6. The van der Waals surface area contributed by atoms with Crippen molar-refractivity contribution in [1.82, 2.24) is 19.9 Å². The van der Waals surface area contributed by atoms with E-state index < -0.39 is 0 Å². The summed E-state index contributed by atoms with van der Waals surface area (Å²) in [4.78, 5) is 7.21. The van der Waals surface area contributed by atoms with Crippen molar-refractivity contribution in [3.05, 3.63) is 17.5 Å². The first-order valence-electron chi connectivity index (χ1n) is 9.36. The molecule has 2 saturated heterocycles. The van der Waals surface area contributed by atoms with Crippen molar-refractivity contribution >= 4 is 0 Å². The maximum absolute atomic E-state index is 10.4. The van der Waals surface area contributed by atoms with Crippen LogP contribution in [0.4, 0.5) is 0 Å². The molecule has 0 radical (unpaired) electrons. The van der Waals surface area contributed by atoms with Gasteiger partial charge in [-0.25, -0.2) is 0 Å². The number of aromatic nitrogens is 1. The van der Waals surface area contributed by atoms with Gasteiger partial charge in [0.05, 0.1) is 18.3 Å². The number of likely N-dealkylation sites (tertiary alicyclic amines) is 1. The summed E-state index contributed by atoms with van der Waals surface area (Å²) in [6.45, 7) is 13.1. The maximum atomic E-state index is 10.4. The third kappa shape index (κ3) is 5.28. The number of hydrogen-bond donors (Lipinski definition) is 1. The van der Waals surface area contributed by atoms with Gasteiger partial charge in [-0.1, -0.05) is 12.1 Å². The summed E-state index contributed by atoms with van der Waals surface area (Å²) in [5, 5.41) is 14.3. The molecular formula is C18H32N4O2. The molecule has 1 unspecified atom stereocenters. The summed E-state index contributed by atoms with van der Waals surface area (Å²) in [5.74, 6) is 1.79. The molecule has 0 aliphatic carbocycles. The number of rotatable bonds is 6. The summed E-state index contributed by atoms with van der Waals surface area (Å²) < 4.78 is 5.30. The molecule has 0 spiro atoms. The Morgan fingerprint density at radius 2 is 1.67 bits per heavy atom. The van der Waals surface area contributed by atoms with E-state index in [2.05, 4.69) is 26.8 Å². The van der Waals surface area contributed by atoms with E-state index in [9.17, 15) is 5.11 Å². The lowest BCUT2D eigenvalue weighted by Gasteiger charge is -2.36. The lowest BCUT2D eigenvalue weighted by atomic mass is 9.99. The number of piperidine rings is 1. The standard InChI is InChI=1S/C18H32N4O2/c1-15-3-5-20(6-4-15)12-17(23)13-21-7-9-22(10-8-21)14-18-11-16(2)19-24-18/h11,15,17,23H,3-10,12-14H2,1-2H3. The van der Waals surface area contributed by atoms with Crippen LogP contribution >= 0.6 is 0 Å². The Balaban J connectivity index is 1.34. The molecule has 1 atom stereocenters. The molecule has 136 valence electrons. The summed E-state index contributed by atoms with van der Waals surface area (Å²) in [6.07, 6.45) is 2.31. The SMILES string of the molecule is Cc1cc(CN2CCN(CC(O)CN3CCC(C)CC3)CC2)on1. The molecule has 2 fully saturated rings. The van der Waals surface area contributed by atoms with Crippen LogP contribution in [0.2, 0.25) is 0 Å². The Kier molecular flexibility index (Phi) is 6.27. The predicted octanol–water partition coefficient (Wildman–Crippen LogP) is 1.19. The van der Waals surface area contributed by atoms with Crippen LogP contribution in [-0.4, -0.2) is 83.4 Å². The molecule has 3 heterocycles. The van der Waals surface area contributed by atoms with E-state index in [4.69, 9.17) is 4.52 Å². The van der Waals surface area contributed by atoms with Crippen molar-refractivity contribution in [2.75, 3.05) is 52.4 Å². The van der Waals surface area contributed by atoms with Crippen LogP contribution in [0.3, 0.4) is 0 Å². The highest BCUT2D eigenvalue weighted by Gasteiger charge is 2.23. The van der Waals surface area contributed by atoms with E-state index in [-0.39, 0.29) is 6.10 Å². The molecule has 6 heteroatoms. The molecule has 0 bridgehead atoms. The van der Waals surface area contributed by atoms with Crippen molar-refractivity contribution in [1.29, 1.82) is 0 Å². The largest absolute Gasteiger partial charge is 0.390 e. The quantitative estimate of drug-likeness (QED) is 0.842. The van der Waals surface area contributed by atoms with Gasteiger partial charge < -0.3 is 14.5 Å². The van der Waals surface area contributed by atoms with Gasteiger partial charge in [0.1, 0.15) is 0 Å². The summed E-state index contributed by atoms with van der Waals surface area (Å²) in [7, 11) is 0. The van der Waals surface area contributed by atoms with E-state index in [0.717, 1.165) is 76.3 Å². The van der Waals surface area contributed by atoms with Gasteiger partial charge in [-0.05, 0) is 38.8 Å². The van der Waals surface area contributed by atoms with Crippen LogP contribution in [0, 0.1) is 12.8 Å². The van der Waals surface area contributed by atoms with Crippen LogP contribution in [-0.2, 0) is 6.54 Å². The molecule has 1 aromatic heterocycles. The van der Waals surface area contributed by atoms with E-state index in [1.165, 1.54) is 12.8 Å². The van der Waals surface area contributed by atoms with Crippen LogP contribution in [0.15, 0.2) is 10.6 Å². The highest BCUT2D eigenvalue weighted by molar-refractivity contribution is 5.03. The van der Waals surface area contributed by atoms with Crippen LogP contribution in [0.5, 0.6) is 0 Å². The number of aryl methyl sites for hydroxylation is 1. The average molecular weight is 336 g/mol. The summed E-state index contributed by atoms with van der Waals surface area (Å²) in [6, 6.07) is 2.01. The number of aliphatic hydroxyl groups is 1. The summed E-state index contributed by atoms with van der Waals surface area (Å²) in [5.41, 5.74) is 0.943. The number of β-amino-alcohol motifs (C(OH)–C–C–N with tert-alkyl or cyclic N) is 1. The molecule has 24 heavy (non-hydrogen) atoms. The first kappa shape index (κ1) is 17.9. The fourth-order valence-corrected chi connectivity index (χ4v) is 3.74. The van der Waals surface area contributed by atoms with Crippen molar-refractivity contribution < 1.29 is 9.63 Å². The van der Waals surface area contributed by atoms with Crippen LogP contribution in [0.1, 0.15) is 31.2 Å². The molecule has 0 aromatic carbocycles. The first-order chi connectivity index (χ1) is 11.6. The van der Waals surface area contributed by atoms with E-state index in [1.807, 2.05) is 13.0 Å². The number of piperazine rings is 1. The Morgan fingerprint density at radius 3 is 2.25 bits per heavy atom. The molecule has 1 aromatic rings. The Bertz CT molecular complexity index is 491. The monoisotopic (exact) mass is 336 g/mol. The minimum atomic E-state index is -0.234. The van der Waals surface area contributed by atoms with Gasteiger partial charge >= 0.3 is 0 Å². The van der Waals surface area contributed by atoms with Crippen LogP contribution < -0.4 is 0 Å². The second-order valence-electron chi connectivity index (χ2n) is 7.65. The minimum Gasteiger partial charge on any atom is -0.390 e. The van der Waals surface area contributed by atoms with Gasteiger partial charge in [0, 0.05) is 45.3 Å². The van der Waals surface area contributed by atoms with Gasteiger partial charge in [0.2, 0.25) is 0 Å². The molecule has 2 aliphatic rings. The molecule has 0 saturated carbocycles. The smallest absolute Gasteiger partial charge is 0.150 e. The molecule has 3 rings (SSSR count). The highest BCUT2D eigenvalue weighted by Crippen LogP contribution is 2.16. The second-order valence-corrected chi connectivity index (χ2v) is 7.65. The zero-order valence-electron chi connectivity index (χ0n) is 15.2. The lowest BCUT2D eigenvalue weighted by molar-refractivity contribution is 0.0401. The van der Waals surface area contributed by atoms with Gasteiger partial charge in [-0.2, -0.15) is 0 Å². The van der Waals surface area contributed by atoms with Crippen molar-refractivity contribution in [3.63, 3.8) is 0 Å². The number of aliphatic hydroxyl groups excluding tert-OH is 1. The van der Waals surface area contributed by atoms with E-state index in [1.54, 1.807) is 0 Å². The number of nitrogens with zero attached hydrogens (tertiary/aromatic N) is 4. The zero-order chi connectivity index (χ0) is 16.9. The average Bonchev–Trinajstić information content (AvgIpc) is 2.96. The third-order valence-electron chi connectivity index (χ3n) is 5.34. The zero-order valence-corrected chi connectivity index (χ0v) is 15.2. The van der Waals surface area contributed by atoms with Gasteiger partial charge in [-0.15, -0.1) is 0 Å². The fourth-order valence-electron chi connectivity index (χ4n) is 3.74. The van der Waals surface area contributed by atoms with Crippen molar-refractivity contribution in [2.24, 2.45) is 5.92 Å². The summed E-state index contributed by atoms with van der Waals surface area (Å²) >= 11 is 0. The molecule has 2 aliphatic heterocycles. The van der Waals surface area contributed by atoms with Crippen LogP contribution in [0.25, 0.3) is 0 Å². The Labute approximate surface area is 145 Å². The van der Waals surface area contributed by atoms with Crippen molar-refractivity contribution in [3.8, 4) is 0 Å². The number of hydrogen-bond acceptors (Lipinski definition) is 6. The van der Waals surface area contributed by atoms with Gasteiger partial charge in [0.25, 0.3) is 0 Å². The topological polar surface area (TPSA) is 56.0 Å². The molecular weight excluding hydrogens is 304 g/mol. The molecule has 6 nitrogen and oxygen atoms in total. The third-order valence-corrected chi connectivity index (χ3v) is 5.34. The molecule has 0 amide bonds. The lowest BCUT2D eigenvalue weighted by Crippen LogP contribution is -2.50. The highest BCUT2D eigenvalue weighted by atomic mass is 16.5. The minimum absolute atomic E-state index is 0.234. The maximum Gasteiger partial charge on any atom is 0.150 e. The first-order valence-corrected chi connectivity index (χ1v) is 9.36. The predicted molar refractivity (Wildman–Crippen MR) is 93.8 cm³/mol. The fraction of sp³-hybridized carbons (Fsp3) is 0.833. The Morgan fingerprint density at radius 1 is 1.08 bits per heavy atom. The van der Waals surface area contributed by atoms with Gasteiger partial charge in [0.15, 0.2) is 5.76 Å². The second kappa shape index (κ2) is 8.43.